The van der Waals surface area contributed by atoms with E-state index in [0.717, 1.165) is 27.0 Å². The Bertz CT molecular complexity index is 1250. The molecule has 30 heavy (non-hydrogen) atoms. The number of aliphatic hydroxyl groups excluding tert-OH is 1. The zero-order valence-electron chi connectivity index (χ0n) is 16.6. The topological polar surface area (TPSA) is 101 Å². The van der Waals surface area contributed by atoms with Gasteiger partial charge >= 0.3 is 0 Å². The average molecular weight is 435 g/mol. The third-order valence-electron chi connectivity index (χ3n) is 4.64. The Kier molecular flexibility index (Phi) is 5.53. The maximum Gasteiger partial charge on any atom is 0.214 e. The molecule has 0 aliphatic carbocycles. The number of aryl methyl sites for hydroxylation is 2. The lowest BCUT2D eigenvalue weighted by Crippen LogP contribution is -2.08. The molecule has 0 saturated heterocycles. The van der Waals surface area contributed by atoms with Crippen molar-refractivity contribution in [3.63, 3.8) is 0 Å². The van der Waals surface area contributed by atoms with Gasteiger partial charge in [0, 0.05) is 0 Å². The first kappa shape index (κ1) is 20.1. The molecule has 4 aromatic rings. The maximum atomic E-state index is 10.9. The molecule has 7 nitrogen and oxygen atoms in total. The Labute approximate surface area is 181 Å². The number of nitriles is 1. The molecule has 0 amide bonds. The maximum absolute atomic E-state index is 10.9. The third-order valence-corrected chi connectivity index (χ3v) is 6.73. The fourth-order valence-corrected chi connectivity index (χ4v) is 4.97. The number of nitrogens with zero attached hydrogens (tertiary/aromatic N) is 6. The van der Waals surface area contributed by atoms with Crippen molar-refractivity contribution in [2.45, 2.75) is 31.2 Å². The monoisotopic (exact) mass is 434 g/mol. The smallest absolute Gasteiger partial charge is 0.214 e. The van der Waals surface area contributed by atoms with Crippen molar-refractivity contribution in [2.24, 2.45) is 0 Å². The van der Waals surface area contributed by atoms with Crippen molar-refractivity contribution >= 4 is 38.9 Å². The highest BCUT2D eigenvalue weighted by Gasteiger charge is 2.22. The molecule has 0 spiro atoms. The average Bonchev–Trinajstić information content (AvgIpc) is 3.35. The van der Waals surface area contributed by atoms with Crippen LogP contribution in [0, 0.1) is 25.2 Å². The van der Waals surface area contributed by atoms with E-state index in [4.69, 9.17) is 0 Å². The Morgan fingerprint density at radius 3 is 2.60 bits per heavy atom. The molecule has 0 fully saturated rings. The second kappa shape index (κ2) is 8.26. The van der Waals surface area contributed by atoms with Gasteiger partial charge in [0.1, 0.15) is 22.4 Å². The molecule has 150 valence electrons. The van der Waals surface area contributed by atoms with Crippen molar-refractivity contribution in [1.29, 1.82) is 5.26 Å². The number of fused-ring (bicyclic) bond motifs is 1. The Morgan fingerprint density at radius 2 is 1.90 bits per heavy atom. The summed E-state index contributed by atoms with van der Waals surface area (Å²) in [5, 5.41) is 33.2. The van der Waals surface area contributed by atoms with E-state index in [1.165, 1.54) is 23.1 Å². The number of rotatable bonds is 5. The normalized spacial score (nSPS) is 13.1. The molecule has 0 aliphatic rings. The third kappa shape index (κ3) is 3.67. The molecule has 2 heterocycles. The standard InChI is InChI=1S/C21H18N6OS2/c1-12-7-6-8-13(2)18(12)27-21(24-25-26-27)29-14(3)19(28)15(11-22)20-23-16-9-4-5-10-17(16)30-20/h4-10,14,28H,1-3H3/b19-15-. The van der Waals surface area contributed by atoms with Gasteiger partial charge in [0.25, 0.3) is 0 Å². The Morgan fingerprint density at radius 1 is 1.17 bits per heavy atom. The molecule has 1 atom stereocenters. The molecule has 0 saturated carbocycles. The van der Waals surface area contributed by atoms with Gasteiger partial charge in [-0.1, -0.05) is 42.1 Å². The first-order valence-electron chi connectivity index (χ1n) is 9.20. The van der Waals surface area contributed by atoms with E-state index in [1.54, 1.807) is 4.68 Å². The van der Waals surface area contributed by atoms with Crippen LogP contribution in [-0.4, -0.2) is 35.5 Å². The van der Waals surface area contributed by atoms with Crippen molar-refractivity contribution in [2.75, 3.05) is 0 Å². The Hall–Kier alpha value is -3.22. The predicted molar refractivity (Wildman–Crippen MR) is 119 cm³/mol. The van der Waals surface area contributed by atoms with Crippen molar-refractivity contribution in [1.82, 2.24) is 25.2 Å². The quantitative estimate of drug-likeness (QED) is 0.272. The summed E-state index contributed by atoms with van der Waals surface area (Å²) in [5.41, 5.74) is 3.97. The molecule has 9 heteroatoms. The number of para-hydroxylation sites is 2. The number of thiazole rings is 1. The zero-order valence-corrected chi connectivity index (χ0v) is 18.2. The second-order valence-electron chi connectivity index (χ2n) is 6.73. The molecule has 4 rings (SSSR count). The summed E-state index contributed by atoms with van der Waals surface area (Å²) >= 11 is 2.67. The van der Waals surface area contributed by atoms with E-state index in [-0.39, 0.29) is 11.3 Å². The van der Waals surface area contributed by atoms with Crippen molar-refractivity contribution in [3.05, 3.63) is 64.4 Å². The SMILES string of the molecule is Cc1cccc(C)c1-n1nnnc1SC(C)/C(O)=C(\C#N)c1nc2ccccc2s1. The number of allylic oxidation sites excluding steroid dienone is 1. The number of hydrogen-bond acceptors (Lipinski definition) is 8. The molecular formula is C21H18N6OS2. The zero-order chi connectivity index (χ0) is 21.3. The molecule has 0 radical (unpaired) electrons. The van der Waals surface area contributed by atoms with Crippen LogP contribution in [-0.2, 0) is 0 Å². The molecule has 0 aliphatic heterocycles. The molecule has 0 bridgehead atoms. The largest absolute Gasteiger partial charge is 0.510 e. The lowest BCUT2D eigenvalue weighted by atomic mass is 10.1. The highest BCUT2D eigenvalue weighted by molar-refractivity contribution is 7.99. The van der Waals surface area contributed by atoms with Gasteiger partial charge in [-0.25, -0.2) is 4.98 Å². The predicted octanol–water partition coefficient (Wildman–Crippen LogP) is 4.86. The van der Waals surface area contributed by atoms with Crippen LogP contribution in [0.15, 0.2) is 53.4 Å². The first-order valence-corrected chi connectivity index (χ1v) is 10.9. The number of tetrazole rings is 1. The summed E-state index contributed by atoms with van der Waals surface area (Å²) in [6.07, 6.45) is 0. The van der Waals surface area contributed by atoms with Gasteiger partial charge in [0.05, 0.1) is 21.2 Å². The van der Waals surface area contributed by atoms with Crippen LogP contribution in [0.3, 0.4) is 0 Å². The highest BCUT2D eigenvalue weighted by atomic mass is 32.2. The van der Waals surface area contributed by atoms with Crippen LogP contribution in [0.1, 0.15) is 23.1 Å². The van der Waals surface area contributed by atoms with Crippen molar-refractivity contribution < 1.29 is 5.11 Å². The summed E-state index contributed by atoms with van der Waals surface area (Å²) in [6.45, 7) is 5.81. The van der Waals surface area contributed by atoms with E-state index in [9.17, 15) is 10.4 Å². The number of hydrogen-bond donors (Lipinski definition) is 1. The molecule has 2 aromatic heterocycles. The van der Waals surface area contributed by atoms with Crippen LogP contribution in [0.25, 0.3) is 21.5 Å². The highest BCUT2D eigenvalue weighted by Crippen LogP contribution is 2.33. The van der Waals surface area contributed by atoms with Crippen LogP contribution in [0.4, 0.5) is 0 Å². The van der Waals surface area contributed by atoms with E-state index in [0.29, 0.717) is 10.2 Å². The summed E-state index contributed by atoms with van der Waals surface area (Å²) in [6, 6.07) is 15.7. The van der Waals surface area contributed by atoms with Gasteiger partial charge in [-0.05, 0) is 54.5 Å². The van der Waals surface area contributed by atoms with Gasteiger partial charge < -0.3 is 5.11 Å². The van der Waals surface area contributed by atoms with Crippen LogP contribution in [0.2, 0.25) is 0 Å². The molecule has 1 unspecified atom stereocenters. The summed E-state index contributed by atoms with van der Waals surface area (Å²) in [4.78, 5) is 4.50. The number of aromatic nitrogens is 5. The van der Waals surface area contributed by atoms with Gasteiger partial charge in [-0.3, -0.25) is 0 Å². The van der Waals surface area contributed by atoms with Crippen LogP contribution >= 0.6 is 23.1 Å². The number of thioether (sulfide) groups is 1. The molecule has 2 aromatic carbocycles. The second-order valence-corrected chi connectivity index (χ2v) is 9.07. The van der Waals surface area contributed by atoms with Gasteiger partial charge in [-0.2, -0.15) is 9.94 Å². The minimum Gasteiger partial charge on any atom is -0.510 e. The van der Waals surface area contributed by atoms with E-state index >= 15 is 0 Å². The lowest BCUT2D eigenvalue weighted by molar-refractivity contribution is 0.402. The fraction of sp³-hybridized carbons (Fsp3) is 0.190. The van der Waals surface area contributed by atoms with Gasteiger partial charge in [0.2, 0.25) is 5.16 Å². The number of benzene rings is 2. The van der Waals surface area contributed by atoms with Crippen LogP contribution in [0.5, 0.6) is 0 Å². The fourth-order valence-electron chi connectivity index (χ4n) is 3.14. The van der Waals surface area contributed by atoms with E-state index in [1.807, 2.05) is 63.2 Å². The first-order chi connectivity index (χ1) is 14.5. The van der Waals surface area contributed by atoms with Crippen LogP contribution < -0.4 is 0 Å². The Balaban J connectivity index is 1.68. The summed E-state index contributed by atoms with van der Waals surface area (Å²) in [5.74, 6) is -0.0439. The summed E-state index contributed by atoms with van der Waals surface area (Å²) in [7, 11) is 0. The number of aliphatic hydroxyl groups is 1. The lowest BCUT2D eigenvalue weighted by Gasteiger charge is -2.13. The van der Waals surface area contributed by atoms with Crippen molar-refractivity contribution in [3.8, 4) is 11.8 Å². The van der Waals surface area contributed by atoms with Gasteiger partial charge in [0.15, 0.2) is 0 Å². The van der Waals surface area contributed by atoms with E-state index in [2.05, 4.69) is 26.6 Å². The minimum absolute atomic E-state index is 0.0439. The minimum atomic E-state index is -0.444. The summed E-state index contributed by atoms with van der Waals surface area (Å²) < 4.78 is 2.63. The molecule has 1 N–H and O–H groups in total. The van der Waals surface area contributed by atoms with Gasteiger partial charge in [-0.15, -0.1) is 16.4 Å². The molecular weight excluding hydrogens is 416 g/mol. The van der Waals surface area contributed by atoms with E-state index < -0.39 is 5.25 Å².